The van der Waals surface area contributed by atoms with Crippen LogP contribution in [-0.4, -0.2) is 74.2 Å². The smallest absolute Gasteiger partial charge is 0.224 e. The normalized spacial score (nSPS) is 24.6. The van der Waals surface area contributed by atoms with Gasteiger partial charge in [0.2, 0.25) is 5.91 Å². The first kappa shape index (κ1) is 15.7. The Morgan fingerprint density at radius 3 is 2.75 bits per heavy atom. The highest BCUT2D eigenvalue weighted by Crippen LogP contribution is 2.17. The average Bonchev–Trinajstić information content (AvgIpc) is 2.94. The molecule has 1 unspecified atom stereocenters. The molecule has 1 atom stereocenters. The molecule has 0 aliphatic carbocycles. The summed E-state index contributed by atoms with van der Waals surface area (Å²) in [5.74, 6) is 0.792. The number of carbonyl (C=O) groups is 1. The molecule has 2 heterocycles. The van der Waals surface area contributed by atoms with E-state index in [0.717, 1.165) is 52.3 Å². The van der Waals surface area contributed by atoms with Gasteiger partial charge in [0.25, 0.3) is 0 Å². The Balaban J connectivity index is 1.65. The van der Waals surface area contributed by atoms with Crippen molar-refractivity contribution >= 4 is 5.91 Å². The lowest BCUT2D eigenvalue weighted by atomic mass is 10.2. The third kappa shape index (κ3) is 4.72. The molecule has 0 aromatic heterocycles. The van der Waals surface area contributed by atoms with E-state index < -0.39 is 0 Å². The molecule has 0 radical (unpaired) electrons. The molecule has 0 aromatic rings. The molecule has 1 amide bonds. The van der Waals surface area contributed by atoms with Gasteiger partial charge in [-0.3, -0.25) is 9.69 Å². The number of hydrogen-bond acceptors (Lipinski definition) is 4. The lowest BCUT2D eigenvalue weighted by Crippen LogP contribution is -2.49. The molecule has 5 heteroatoms. The van der Waals surface area contributed by atoms with Crippen LogP contribution in [0.4, 0.5) is 0 Å². The van der Waals surface area contributed by atoms with E-state index >= 15 is 0 Å². The molecule has 0 aromatic carbocycles. The van der Waals surface area contributed by atoms with E-state index in [-0.39, 0.29) is 5.91 Å². The summed E-state index contributed by atoms with van der Waals surface area (Å²) < 4.78 is 5.50. The van der Waals surface area contributed by atoms with Crippen molar-refractivity contribution in [3.05, 3.63) is 0 Å². The second kappa shape index (κ2) is 7.96. The molecule has 5 nitrogen and oxygen atoms in total. The van der Waals surface area contributed by atoms with Crippen LogP contribution in [0.5, 0.6) is 0 Å². The van der Waals surface area contributed by atoms with E-state index in [9.17, 15) is 4.79 Å². The van der Waals surface area contributed by atoms with Gasteiger partial charge in [-0.25, -0.2) is 0 Å². The van der Waals surface area contributed by atoms with Crippen LogP contribution in [-0.2, 0) is 9.53 Å². The van der Waals surface area contributed by atoms with E-state index in [1.807, 2.05) is 4.90 Å². The maximum atomic E-state index is 12.1. The Morgan fingerprint density at radius 2 is 2.05 bits per heavy atom. The van der Waals surface area contributed by atoms with Crippen molar-refractivity contribution in [2.45, 2.75) is 32.7 Å². The van der Waals surface area contributed by atoms with Crippen molar-refractivity contribution in [2.24, 2.45) is 5.92 Å². The van der Waals surface area contributed by atoms with Crippen LogP contribution in [0.25, 0.3) is 0 Å². The Bertz CT molecular complexity index is 303. The fourth-order valence-electron chi connectivity index (χ4n) is 2.95. The monoisotopic (exact) mass is 283 g/mol. The van der Waals surface area contributed by atoms with Crippen LogP contribution in [0.3, 0.4) is 0 Å². The molecular weight excluding hydrogens is 254 g/mol. The minimum atomic E-state index is 0.256. The Labute approximate surface area is 122 Å². The molecule has 2 aliphatic rings. The molecule has 2 rings (SSSR count). The minimum Gasteiger partial charge on any atom is -0.381 e. The van der Waals surface area contributed by atoms with Gasteiger partial charge < -0.3 is 15.0 Å². The van der Waals surface area contributed by atoms with Gasteiger partial charge in [-0.2, -0.15) is 0 Å². The standard InChI is InChI=1S/C15H29N3O2/c1-13(2)12-20-10-4-15(19)18-7-3-14(11-18)17-8-5-16-6-9-17/h13-14,16H,3-12H2,1-2H3. The van der Waals surface area contributed by atoms with E-state index in [1.54, 1.807) is 0 Å². The molecule has 2 fully saturated rings. The number of piperazine rings is 1. The number of rotatable bonds is 6. The first-order valence-electron chi connectivity index (χ1n) is 7.97. The zero-order valence-corrected chi connectivity index (χ0v) is 12.9. The summed E-state index contributed by atoms with van der Waals surface area (Å²) in [6.45, 7) is 11.8. The second-order valence-corrected chi connectivity index (χ2v) is 6.29. The predicted octanol–water partition coefficient (Wildman–Crippen LogP) is 0.555. The van der Waals surface area contributed by atoms with Gasteiger partial charge in [0.15, 0.2) is 0 Å². The van der Waals surface area contributed by atoms with E-state index in [4.69, 9.17) is 4.74 Å². The molecule has 0 spiro atoms. The number of carbonyl (C=O) groups excluding carboxylic acids is 1. The van der Waals surface area contributed by atoms with Crippen LogP contribution in [0.2, 0.25) is 0 Å². The molecule has 0 bridgehead atoms. The summed E-state index contributed by atoms with van der Waals surface area (Å²) in [5.41, 5.74) is 0. The Morgan fingerprint density at radius 1 is 1.30 bits per heavy atom. The van der Waals surface area contributed by atoms with Crippen molar-refractivity contribution in [2.75, 3.05) is 52.5 Å². The predicted molar refractivity (Wildman–Crippen MR) is 79.7 cm³/mol. The van der Waals surface area contributed by atoms with Crippen LogP contribution < -0.4 is 5.32 Å². The number of ether oxygens (including phenoxy) is 1. The van der Waals surface area contributed by atoms with Crippen LogP contribution in [0.1, 0.15) is 26.7 Å². The van der Waals surface area contributed by atoms with Crippen LogP contribution >= 0.6 is 0 Å². The first-order valence-corrected chi connectivity index (χ1v) is 7.97. The average molecular weight is 283 g/mol. The molecule has 20 heavy (non-hydrogen) atoms. The number of hydrogen-bond donors (Lipinski definition) is 1. The number of nitrogens with zero attached hydrogens (tertiary/aromatic N) is 2. The zero-order chi connectivity index (χ0) is 14.4. The van der Waals surface area contributed by atoms with Gasteiger partial charge >= 0.3 is 0 Å². The lowest BCUT2D eigenvalue weighted by molar-refractivity contribution is -0.131. The molecule has 116 valence electrons. The molecular formula is C15H29N3O2. The van der Waals surface area contributed by atoms with Crippen LogP contribution in [0.15, 0.2) is 0 Å². The van der Waals surface area contributed by atoms with Gasteiger partial charge in [-0.15, -0.1) is 0 Å². The van der Waals surface area contributed by atoms with Gasteiger partial charge in [-0.1, -0.05) is 13.8 Å². The van der Waals surface area contributed by atoms with Crippen molar-refractivity contribution in [3.63, 3.8) is 0 Å². The van der Waals surface area contributed by atoms with Crippen molar-refractivity contribution < 1.29 is 9.53 Å². The Hall–Kier alpha value is -0.650. The summed E-state index contributed by atoms with van der Waals surface area (Å²) >= 11 is 0. The highest BCUT2D eigenvalue weighted by molar-refractivity contribution is 5.76. The van der Waals surface area contributed by atoms with E-state index in [1.165, 1.54) is 0 Å². The summed E-state index contributed by atoms with van der Waals surface area (Å²) in [6, 6.07) is 0.567. The molecule has 2 saturated heterocycles. The van der Waals surface area contributed by atoms with Gasteiger partial charge in [0.05, 0.1) is 13.0 Å². The highest BCUT2D eigenvalue weighted by atomic mass is 16.5. The fourth-order valence-corrected chi connectivity index (χ4v) is 2.95. The van der Waals surface area contributed by atoms with Gasteiger partial charge in [0.1, 0.15) is 0 Å². The van der Waals surface area contributed by atoms with Crippen LogP contribution in [0, 0.1) is 5.92 Å². The largest absolute Gasteiger partial charge is 0.381 e. The third-order valence-electron chi connectivity index (χ3n) is 4.10. The fraction of sp³-hybridized carbons (Fsp3) is 0.933. The maximum absolute atomic E-state index is 12.1. The minimum absolute atomic E-state index is 0.256. The second-order valence-electron chi connectivity index (χ2n) is 6.29. The quantitative estimate of drug-likeness (QED) is 0.723. The summed E-state index contributed by atoms with van der Waals surface area (Å²) in [6.07, 6.45) is 1.65. The SMILES string of the molecule is CC(C)COCCC(=O)N1CCC(N2CCNCC2)C1. The van der Waals surface area contributed by atoms with Crippen molar-refractivity contribution in [1.82, 2.24) is 15.1 Å². The van der Waals surface area contributed by atoms with Crippen molar-refractivity contribution in [1.29, 1.82) is 0 Å². The Kier molecular flexibility index (Phi) is 6.26. The third-order valence-corrected chi connectivity index (χ3v) is 4.10. The highest BCUT2D eigenvalue weighted by Gasteiger charge is 2.30. The first-order chi connectivity index (χ1) is 9.66. The lowest BCUT2D eigenvalue weighted by Gasteiger charge is -2.32. The summed E-state index contributed by atoms with van der Waals surface area (Å²) in [5, 5.41) is 3.38. The number of likely N-dealkylation sites (tertiary alicyclic amines) is 1. The van der Waals surface area contributed by atoms with Gasteiger partial charge in [0, 0.05) is 51.9 Å². The zero-order valence-electron chi connectivity index (χ0n) is 12.9. The topological polar surface area (TPSA) is 44.8 Å². The molecule has 0 saturated carbocycles. The van der Waals surface area contributed by atoms with Gasteiger partial charge in [-0.05, 0) is 12.3 Å². The van der Waals surface area contributed by atoms with Crippen molar-refractivity contribution in [3.8, 4) is 0 Å². The number of nitrogens with one attached hydrogen (secondary N) is 1. The van der Waals surface area contributed by atoms with E-state index in [0.29, 0.717) is 25.0 Å². The number of amides is 1. The summed E-state index contributed by atoms with van der Waals surface area (Å²) in [4.78, 5) is 16.7. The van der Waals surface area contributed by atoms with E-state index in [2.05, 4.69) is 24.1 Å². The maximum Gasteiger partial charge on any atom is 0.224 e. The summed E-state index contributed by atoms with van der Waals surface area (Å²) in [7, 11) is 0. The molecule has 2 aliphatic heterocycles. The molecule has 1 N–H and O–H groups in total.